The van der Waals surface area contributed by atoms with Crippen LogP contribution in [0.1, 0.15) is 20.8 Å². The molecule has 116 valence electrons. The van der Waals surface area contributed by atoms with Crippen LogP contribution in [0.25, 0.3) is 5.70 Å². The Balaban J connectivity index is 0.000000677. The standard InChI is InChI=1S/C15H24N2Si.2ClH.Ti/c1-15(2,3)16-18(4,5)14-9-8-13(12-14)17-10-6-7-11-17;;;/h6-12,14,16H,1-5H3;2*1H;/q;;;+2/p-2. The van der Waals surface area contributed by atoms with E-state index in [9.17, 15) is 0 Å². The third-order valence-electron chi connectivity index (χ3n) is 3.26. The first kappa shape index (κ1) is 19.3. The van der Waals surface area contributed by atoms with Gasteiger partial charge in [-0.05, 0) is 39.0 Å². The summed E-state index contributed by atoms with van der Waals surface area (Å²) in [4.78, 5) is 3.84. The number of aromatic nitrogens is 1. The van der Waals surface area contributed by atoms with Crippen LogP contribution in [0, 0.1) is 0 Å². The fourth-order valence-corrected chi connectivity index (χ4v) is 5.94. The van der Waals surface area contributed by atoms with Crippen molar-refractivity contribution in [3.8, 4) is 0 Å². The van der Waals surface area contributed by atoms with Crippen LogP contribution < -0.4 is 4.98 Å². The van der Waals surface area contributed by atoms with E-state index in [1.54, 1.807) is 0 Å². The van der Waals surface area contributed by atoms with E-state index >= 15 is 0 Å². The van der Waals surface area contributed by atoms with Gasteiger partial charge in [-0.3, -0.25) is 0 Å². The van der Waals surface area contributed by atoms with Gasteiger partial charge < -0.3 is 9.55 Å². The SMILES string of the molecule is CC(C)(C)N[Si](C)(C)C1C=CC(n2cccc2)=C1.[Cl][Ti][Cl]. The van der Waals surface area contributed by atoms with Gasteiger partial charge in [0.2, 0.25) is 0 Å². The van der Waals surface area contributed by atoms with Crippen molar-refractivity contribution < 1.29 is 17.0 Å². The topological polar surface area (TPSA) is 17.0 Å². The summed E-state index contributed by atoms with van der Waals surface area (Å²) in [6.45, 7) is 11.6. The van der Waals surface area contributed by atoms with Crippen molar-refractivity contribution in [1.82, 2.24) is 9.55 Å². The van der Waals surface area contributed by atoms with E-state index in [1.807, 2.05) is 0 Å². The van der Waals surface area contributed by atoms with Crippen molar-refractivity contribution in [2.75, 3.05) is 0 Å². The molecular formula is C15H24Cl2N2SiTi. The second-order valence-electron chi connectivity index (χ2n) is 6.73. The molecule has 1 aliphatic carbocycles. The third kappa shape index (κ3) is 6.47. The van der Waals surface area contributed by atoms with Crippen LogP contribution in [0.4, 0.5) is 0 Å². The molecule has 21 heavy (non-hydrogen) atoms. The Morgan fingerprint density at radius 3 is 2.19 bits per heavy atom. The zero-order chi connectivity index (χ0) is 16.1. The summed E-state index contributed by atoms with van der Waals surface area (Å²) in [5.41, 5.74) is 2.04. The van der Waals surface area contributed by atoms with Crippen LogP contribution in [0.3, 0.4) is 0 Å². The Kier molecular flexibility index (Phi) is 7.52. The van der Waals surface area contributed by atoms with Crippen molar-refractivity contribution in [2.45, 2.75) is 44.9 Å². The number of nitrogens with zero attached hydrogens (tertiary/aromatic N) is 1. The molecule has 0 aliphatic heterocycles. The number of hydrogen-bond acceptors (Lipinski definition) is 1. The van der Waals surface area contributed by atoms with Crippen LogP contribution in [0.5, 0.6) is 0 Å². The summed E-state index contributed by atoms with van der Waals surface area (Å²) in [5.74, 6) is 0. The second kappa shape index (κ2) is 8.19. The van der Waals surface area contributed by atoms with Gasteiger partial charge in [-0.2, -0.15) is 0 Å². The number of halogens is 2. The van der Waals surface area contributed by atoms with Crippen LogP contribution in [0.15, 0.2) is 42.8 Å². The van der Waals surface area contributed by atoms with Crippen molar-refractivity contribution in [3.05, 3.63) is 42.8 Å². The fraction of sp³-hybridized carbons (Fsp3) is 0.467. The van der Waals surface area contributed by atoms with Gasteiger partial charge in [0, 0.05) is 29.2 Å². The molecule has 0 radical (unpaired) electrons. The molecule has 1 aromatic rings. The van der Waals surface area contributed by atoms with Gasteiger partial charge in [0.1, 0.15) is 8.24 Å². The van der Waals surface area contributed by atoms with Crippen LogP contribution in [-0.2, 0) is 17.0 Å². The zero-order valence-corrected chi connectivity index (χ0v) is 17.4. The van der Waals surface area contributed by atoms with Crippen molar-refractivity contribution in [1.29, 1.82) is 0 Å². The summed E-state index contributed by atoms with van der Waals surface area (Å²) >= 11 is -0.556. The summed E-state index contributed by atoms with van der Waals surface area (Å²) in [7, 11) is 8.29. The first-order valence-electron chi connectivity index (χ1n) is 6.98. The normalized spacial score (nSPS) is 18.0. The average molecular weight is 379 g/mol. The molecule has 0 spiro atoms. The van der Waals surface area contributed by atoms with Crippen molar-refractivity contribution in [3.63, 3.8) is 0 Å². The quantitative estimate of drug-likeness (QED) is 0.711. The Labute approximate surface area is 146 Å². The molecule has 0 saturated heterocycles. The monoisotopic (exact) mass is 378 g/mol. The van der Waals surface area contributed by atoms with E-state index in [-0.39, 0.29) is 5.54 Å². The maximum absolute atomic E-state index is 4.89. The molecule has 0 fully saturated rings. The van der Waals surface area contributed by atoms with Gasteiger partial charge in [0.15, 0.2) is 0 Å². The Bertz CT molecular complexity index is 490. The molecule has 1 aliphatic rings. The van der Waals surface area contributed by atoms with E-state index < -0.39 is 25.3 Å². The van der Waals surface area contributed by atoms with E-state index in [0.717, 1.165) is 0 Å². The Morgan fingerprint density at radius 1 is 1.19 bits per heavy atom. The van der Waals surface area contributed by atoms with Gasteiger partial charge in [0.05, 0.1) is 0 Å². The van der Waals surface area contributed by atoms with E-state index in [1.165, 1.54) is 5.70 Å². The van der Waals surface area contributed by atoms with E-state index in [0.29, 0.717) is 5.54 Å². The third-order valence-corrected chi connectivity index (χ3v) is 6.68. The van der Waals surface area contributed by atoms with Gasteiger partial charge >= 0.3 is 35.6 Å². The number of nitrogens with one attached hydrogen (secondary N) is 1. The molecule has 1 heterocycles. The molecule has 0 bridgehead atoms. The molecule has 2 nitrogen and oxygen atoms in total. The molecule has 0 saturated carbocycles. The van der Waals surface area contributed by atoms with Gasteiger partial charge in [-0.25, -0.2) is 0 Å². The number of rotatable bonds is 3. The molecule has 1 unspecified atom stereocenters. The fourth-order valence-electron chi connectivity index (χ4n) is 2.67. The first-order valence-corrected chi connectivity index (χ1v) is 14.4. The predicted molar refractivity (Wildman–Crippen MR) is 93.7 cm³/mol. The maximum atomic E-state index is 4.89. The molecule has 1 N–H and O–H groups in total. The summed E-state index contributed by atoms with van der Waals surface area (Å²) in [6, 6.07) is 4.13. The molecule has 1 aromatic heterocycles. The molecule has 0 aromatic carbocycles. The predicted octanol–water partition coefficient (Wildman–Crippen LogP) is 5.24. The van der Waals surface area contributed by atoms with Crippen LogP contribution in [0.2, 0.25) is 18.6 Å². The Morgan fingerprint density at radius 2 is 1.71 bits per heavy atom. The summed E-state index contributed by atoms with van der Waals surface area (Å²) < 4.78 is 2.18. The second-order valence-corrected chi connectivity index (χ2v) is 13.7. The summed E-state index contributed by atoms with van der Waals surface area (Å²) in [6.07, 6.45) is 11.2. The number of hydrogen-bond donors (Lipinski definition) is 1. The zero-order valence-electron chi connectivity index (χ0n) is 13.3. The molecule has 0 amide bonds. The molecule has 6 heteroatoms. The van der Waals surface area contributed by atoms with Crippen molar-refractivity contribution >= 4 is 32.5 Å². The molecule has 1 atom stereocenters. The number of allylic oxidation sites excluding steroid dienone is 4. The summed E-state index contributed by atoms with van der Waals surface area (Å²) in [5, 5.41) is 0. The minimum atomic E-state index is -1.49. The van der Waals surface area contributed by atoms with E-state index in [2.05, 4.69) is 86.2 Å². The van der Waals surface area contributed by atoms with Gasteiger partial charge in [-0.15, -0.1) is 0 Å². The van der Waals surface area contributed by atoms with Gasteiger partial charge in [0.25, 0.3) is 0 Å². The Hall–Kier alpha value is 0.231. The minimum absolute atomic E-state index is 0.188. The molecule has 2 rings (SSSR count). The van der Waals surface area contributed by atoms with Crippen LogP contribution in [-0.4, -0.2) is 18.3 Å². The van der Waals surface area contributed by atoms with Crippen molar-refractivity contribution in [2.24, 2.45) is 0 Å². The molecular weight excluding hydrogens is 355 g/mol. The van der Waals surface area contributed by atoms with Crippen LogP contribution >= 0.6 is 18.6 Å². The first-order chi connectivity index (χ1) is 9.69. The van der Waals surface area contributed by atoms with E-state index in [4.69, 9.17) is 18.6 Å². The average Bonchev–Trinajstić information content (AvgIpc) is 2.98. The van der Waals surface area contributed by atoms with Gasteiger partial charge in [-0.1, -0.05) is 25.2 Å².